The highest BCUT2D eigenvalue weighted by atomic mass is 32.2. The largest absolute Gasteiger partial charge is 0.399 e. The smallest absolute Gasteiger partial charge is 0.243 e. The standard InChI is InChI=1S/C10H12F2N2O2S/c1-6(2)5-14-17(15,16)9-4-7(13)3-8(11)10(9)12/h3-4,14H,1,5,13H2,2H3. The Balaban J connectivity index is 3.19. The summed E-state index contributed by atoms with van der Waals surface area (Å²) in [6.45, 7) is 5.03. The first-order valence-corrected chi connectivity index (χ1v) is 6.11. The summed E-state index contributed by atoms with van der Waals surface area (Å²) in [7, 11) is -4.14. The minimum atomic E-state index is -4.14. The van der Waals surface area contributed by atoms with E-state index in [0.717, 1.165) is 6.07 Å². The summed E-state index contributed by atoms with van der Waals surface area (Å²) in [5.41, 5.74) is 5.64. The predicted octanol–water partition coefficient (Wildman–Crippen LogP) is 1.40. The molecule has 0 spiro atoms. The third-order valence-electron chi connectivity index (χ3n) is 1.87. The molecule has 1 rings (SSSR count). The van der Waals surface area contributed by atoms with Crippen molar-refractivity contribution in [2.75, 3.05) is 12.3 Å². The lowest BCUT2D eigenvalue weighted by Crippen LogP contribution is -2.26. The van der Waals surface area contributed by atoms with Gasteiger partial charge in [0.25, 0.3) is 0 Å². The zero-order valence-corrected chi connectivity index (χ0v) is 9.94. The van der Waals surface area contributed by atoms with Gasteiger partial charge in [0.1, 0.15) is 4.90 Å². The number of nitrogens with two attached hydrogens (primary N) is 1. The van der Waals surface area contributed by atoms with E-state index in [1.165, 1.54) is 0 Å². The minimum absolute atomic E-state index is 0.0573. The number of hydrogen-bond donors (Lipinski definition) is 2. The Labute approximate surface area is 98.2 Å². The molecule has 0 aliphatic rings. The quantitative estimate of drug-likeness (QED) is 0.636. The van der Waals surface area contributed by atoms with Gasteiger partial charge in [-0.2, -0.15) is 0 Å². The third-order valence-corrected chi connectivity index (χ3v) is 3.27. The van der Waals surface area contributed by atoms with Gasteiger partial charge in [0.05, 0.1) is 0 Å². The van der Waals surface area contributed by atoms with Gasteiger partial charge in [-0.3, -0.25) is 0 Å². The third kappa shape index (κ3) is 3.24. The molecule has 0 fully saturated rings. The minimum Gasteiger partial charge on any atom is -0.399 e. The summed E-state index contributed by atoms with van der Waals surface area (Å²) in [6.07, 6.45) is 0. The van der Waals surface area contributed by atoms with E-state index in [1.54, 1.807) is 6.92 Å². The van der Waals surface area contributed by atoms with Gasteiger partial charge in [0.15, 0.2) is 11.6 Å². The maximum atomic E-state index is 13.3. The van der Waals surface area contributed by atoms with Gasteiger partial charge < -0.3 is 5.73 Å². The molecule has 94 valence electrons. The summed E-state index contributed by atoms with van der Waals surface area (Å²) < 4.78 is 51.7. The van der Waals surface area contributed by atoms with Crippen LogP contribution in [-0.4, -0.2) is 15.0 Å². The molecule has 1 aromatic carbocycles. The second-order valence-electron chi connectivity index (χ2n) is 3.60. The maximum Gasteiger partial charge on any atom is 0.243 e. The van der Waals surface area contributed by atoms with Crippen LogP contribution in [0.3, 0.4) is 0 Å². The Morgan fingerprint density at radius 2 is 2.06 bits per heavy atom. The summed E-state index contributed by atoms with van der Waals surface area (Å²) in [4.78, 5) is -0.809. The second kappa shape index (κ2) is 4.80. The van der Waals surface area contributed by atoms with E-state index in [1.807, 2.05) is 0 Å². The van der Waals surface area contributed by atoms with E-state index >= 15 is 0 Å². The topological polar surface area (TPSA) is 72.2 Å². The Kier molecular flexibility index (Phi) is 3.84. The lowest BCUT2D eigenvalue weighted by Gasteiger charge is -2.08. The second-order valence-corrected chi connectivity index (χ2v) is 5.33. The van der Waals surface area contributed by atoms with Crippen LogP contribution in [0.1, 0.15) is 6.92 Å². The average Bonchev–Trinajstić information content (AvgIpc) is 2.20. The number of nitrogen functional groups attached to an aromatic ring is 1. The van der Waals surface area contributed by atoms with Crippen LogP contribution in [0.2, 0.25) is 0 Å². The van der Waals surface area contributed by atoms with Gasteiger partial charge in [0, 0.05) is 12.2 Å². The van der Waals surface area contributed by atoms with E-state index in [0.29, 0.717) is 11.6 Å². The molecule has 3 N–H and O–H groups in total. The molecule has 0 radical (unpaired) electrons. The fourth-order valence-corrected chi connectivity index (χ4v) is 2.29. The molecule has 0 heterocycles. The van der Waals surface area contributed by atoms with Crippen molar-refractivity contribution in [1.29, 1.82) is 0 Å². The summed E-state index contributed by atoms with van der Waals surface area (Å²) in [6, 6.07) is 1.58. The lowest BCUT2D eigenvalue weighted by atomic mass is 10.3. The molecule has 7 heteroatoms. The SMILES string of the molecule is C=C(C)CNS(=O)(=O)c1cc(N)cc(F)c1F. The van der Waals surface area contributed by atoms with Crippen molar-refractivity contribution in [2.24, 2.45) is 0 Å². The molecule has 17 heavy (non-hydrogen) atoms. The van der Waals surface area contributed by atoms with Gasteiger partial charge in [-0.15, -0.1) is 0 Å². The van der Waals surface area contributed by atoms with Crippen LogP contribution >= 0.6 is 0 Å². The summed E-state index contributed by atoms with van der Waals surface area (Å²) in [5, 5.41) is 0. The first kappa shape index (κ1) is 13.6. The molecule has 0 unspecified atom stereocenters. The van der Waals surface area contributed by atoms with Crippen LogP contribution in [0.4, 0.5) is 14.5 Å². The maximum absolute atomic E-state index is 13.3. The van der Waals surface area contributed by atoms with Crippen molar-refractivity contribution in [2.45, 2.75) is 11.8 Å². The molecule has 1 aromatic rings. The highest BCUT2D eigenvalue weighted by Gasteiger charge is 2.22. The molecule has 0 saturated carbocycles. The number of benzene rings is 1. The van der Waals surface area contributed by atoms with Crippen molar-refractivity contribution in [3.8, 4) is 0 Å². The van der Waals surface area contributed by atoms with Crippen molar-refractivity contribution in [1.82, 2.24) is 4.72 Å². The van der Waals surface area contributed by atoms with Gasteiger partial charge in [-0.1, -0.05) is 12.2 Å². The summed E-state index contributed by atoms with van der Waals surface area (Å²) in [5.74, 6) is -2.76. The molecular weight excluding hydrogens is 250 g/mol. The highest BCUT2D eigenvalue weighted by Crippen LogP contribution is 2.20. The van der Waals surface area contributed by atoms with Crippen LogP contribution in [-0.2, 0) is 10.0 Å². The first-order chi connectivity index (χ1) is 7.74. The summed E-state index contributed by atoms with van der Waals surface area (Å²) >= 11 is 0. The zero-order chi connectivity index (χ0) is 13.2. The van der Waals surface area contributed by atoms with E-state index in [-0.39, 0.29) is 12.2 Å². The fourth-order valence-electron chi connectivity index (χ4n) is 1.08. The first-order valence-electron chi connectivity index (χ1n) is 4.62. The van der Waals surface area contributed by atoms with Crippen molar-refractivity contribution in [3.05, 3.63) is 35.9 Å². The molecule has 0 saturated heterocycles. The van der Waals surface area contributed by atoms with Crippen LogP contribution in [0, 0.1) is 11.6 Å². The monoisotopic (exact) mass is 262 g/mol. The highest BCUT2D eigenvalue weighted by molar-refractivity contribution is 7.89. The van der Waals surface area contributed by atoms with Crippen LogP contribution in [0.25, 0.3) is 0 Å². The predicted molar refractivity (Wildman–Crippen MR) is 60.8 cm³/mol. The Bertz CT molecular complexity index is 556. The van der Waals surface area contributed by atoms with Crippen molar-refractivity contribution in [3.63, 3.8) is 0 Å². The van der Waals surface area contributed by atoms with E-state index in [4.69, 9.17) is 5.73 Å². The van der Waals surface area contributed by atoms with E-state index in [2.05, 4.69) is 11.3 Å². The molecule has 0 amide bonds. The number of halogens is 2. The lowest BCUT2D eigenvalue weighted by molar-refractivity contribution is 0.484. The van der Waals surface area contributed by atoms with Gasteiger partial charge in [-0.25, -0.2) is 21.9 Å². The van der Waals surface area contributed by atoms with Crippen molar-refractivity contribution >= 4 is 15.7 Å². The van der Waals surface area contributed by atoms with E-state index < -0.39 is 26.6 Å². The van der Waals surface area contributed by atoms with Gasteiger partial charge in [-0.05, 0) is 19.1 Å². The zero-order valence-electron chi connectivity index (χ0n) is 9.13. The number of hydrogen-bond acceptors (Lipinski definition) is 3. The van der Waals surface area contributed by atoms with Crippen LogP contribution in [0.15, 0.2) is 29.2 Å². The van der Waals surface area contributed by atoms with Gasteiger partial charge in [0.2, 0.25) is 10.0 Å². The molecule has 0 atom stereocenters. The average molecular weight is 262 g/mol. The number of nitrogens with one attached hydrogen (secondary N) is 1. The Hall–Kier alpha value is -1.47. The van der Waals surface area contributed by atoms with Crippen LogP contribution < -0.4 is 10.5 Å². The van der Waals surface area contributed by atoms with Gasteiger partial charge >= 0.3 is 0 Å². The van der Waals surface area contributed by atoms with Crippen molar-refractivity contribution < 1.29 is 17.2 Å². The molecule has 0 bridgehead atoms. The van der Waals surface area contributed by atoms with Crippen LogP contribution in [0.5, 0.6) is 0 Å². The molecule has 0 aliphatic heterocycles. The number of anilines is 1. The normalized spacial score (nSPS) is 11.5. The van der Waals surface area contributed by atoms with E-state index in [9.17, 15) is 17.2 Å². The molecular formula is C10H12F2N2O2S. The molecule has 4 nitrogen and oxygen atoms in total. The Morgan fingerprint density at radius 3 is 2.59 bits per heavy atom. The molecule has 0 aromatic heterocycles. The number of sulfonamides is 1. The fraction of sp³-hybridized carbons (Fsp3) is 0.200. The molecule has 0 aliphatic carbocycles. The Morgan fingerprint density at radius 1 is 1.47 bits per heavy atom. The number of rotatable bonds is 4.